The zero-order valence-electron chi connectivity index (χ0n) is 12.6. The lowest BCUT2D eigenvalue weighted by molar-refractivity contribution is 0.181. The lowest BCUT2D eigenvalue weighted by atomic mass is 10.2. The number of benzene rings is 1. The summed E-state index contributed by atoms with van der Waals surface area (Å²) < 4.78 is 0. The molecule has 0 aliphatic carbocycles. The lowest BCUT2D eigenvalue weighted by Gasteiger charge is -2.28. The van der Waals surface area contributed by atoms with E-state index in [0.717, 1.165) is 18.1 Å². The molecule has 3 nitrogen and oxygen atoms in total. The molecule has 1 aliphatic rings. The molecule has 1 fully saturated rings. The van der Waals surface area contributed by atoms with Crippen LogP contribution in [-0.2, 0) is 6.54 Å². The molecule has 0 aromatic heterocycles. The molecule has 0 unspecified atom stereocenters. The monoisotopic (exact) mass is 298 g/mol. The molecule has 2 N–H and O–H groups in total. The number of hydrogen-bond acceptors (Lipinski definition) is 2. The third kappa shape index (κ3) is 5.41. The lowest BCUT2D eigenvalue weighted by Crippen LogP contribution is -2.37. The Balaban J connectivity index is 0.00000200. The molecule has 1 heterocycles. The number of likely N-dealkylation sites (tertiary alicyclic amines) is 1. The molecule has 0 spiro atoms. The van der Waals surface area contributed by atoms with Crippen LogP contribution in [0.2, 0.25) is 5.02 Å². The van der Waals surface area contributed by atoms with E-state index in [2.05, 4.69) is 35.8 Å². The van der Waals surface area contributed by atoms with Gasteiger partial charge in [-0.05, 0) is 57.5 Å². The summed E-state index contributed by atoms with van der Waals surface area (Å²) in [4.78, 5) is 5.11. The van der Waals surface area contributed by atoms with E-state index in [1.165, 1.54) is 38.0 Å². The van der Waals surface area contributed by atoms with Gasteiger partial charge in [0.2, 0.25) is 0 Å². The van der Waals surface area contributed by atoms with Crippen molar-refractivity contribution in [3.63, 3.8) is 0 Å². The van der Waals surface area contributed by atoms with Crippen LogP contribution < -0.4 is 0 Å². The third-order valence-corrected chi connectivity index (χ3v) is 4.14. The van der Waals surface area contributed by atoms with Crippen LogP contribution in [-0.4, -0.2) is 47.5 Å². The Kier molecular flexibility index (Phi) is 7.52. The fourth-order valence-electron chi connectivity index (χ4n) is 2.67. The molecule has 2 rings (SSSR count). The summed E-state index contributed by atoms with van der Waals surface area (Å²) in [5.74, 6) is 0. The summed E-state index contributed by atoms with van der Waals surface area (Å²) in [5.41, 5.74) is 1.31. The molecule has 1 saturated heterocycles. The molecule has 0 amide bonds. The van der Waals surface area contributed by atoms with Crippen LogP contribution in [0.3, 0.4) is 0 Å². The molecule has 20 heavy (non-hydrogen) atoms. The molecule has 0 bridgehead atoms. The topological polar surface area (TPSA) is 38.0 Å². The van der Waals surface area contributed by atoms with Gasteiger partial charge >= 0.3 is 0 Å². The maximum Gasteiger partial charge on any atom is 0.0409 e. The van der Waals surface area contributed by atoms with Crippen molar-refractivity contribution in [2.45, 2.75) is 39.3 Å². The Bertz CT molecular complexity index is 392. The highest BCUT2D eigenvalue weighted by molar-refractivity contribution is 6.30. The van der Waals surface area contributed by atoms with Gasteiger partial charge in [-0.2, -0.15) is 0 Å². The van der Waals surface area contributed by atoms with Crippen LogP contribution in [0.5, 0.6) is 0 Å². The summed E-state index contributed by atoms with van der Waals surface area (Å²) in [6, 6.07) is 8.79. The van der Waals surface area contributed by atoms with E-state index in [1.54, 1.807) is 0 Å². The molecule has 0 atom stereocenters. The van der Waals surface area contributed by atoms with E-state index in [4.69, 9.17) is 11.6 Å². The highest BCUT2D eigenvalue weighted by atomic mass is 35.5. The van der Waals surface area contributed by atoms with Crippen molar-refractivity contribution in [2.24, 2.45) is 0 Å². The normalized spacial score (nSPS) is 15.8. The summed E-state index contributed by atoms with van der Waals surface area (Å²) in [5, 5.41) is 0.834. The standard InChI is InChI=1S/C16H25ClN2.H2O/c1-14(2)19(11-10-18-8-3-4-9-18)13-15-6-5-7-16(17)12-15;/h5-7,12,14H,3-4,8-11,13H2,1-2H3;1H2. The summed E-state index contributed by atoms with van der Waals surface area (Å²) >= 11 is 6.06. The molecular weight excluding hydrogens is 272 g/mol. The molecule has 0 radical (unpaired) electrons. The molecular formula is C16H27ClN2O. The SMILES string of the molecule is CC(C)N(CCN1CCCC1)Cc1cccc(Cl)c1.O. The second kappa shape index (κ2) is 8.63. The zero-order valence-corrected chi connectivity index (χ0v) is 13.4. The highest BCUT2D eigenvalue weighted by Gasteiger charge is 2.15. The van der Waals surface area contributed by atoms with Crippen LogP contribution >= 0.6 is 11.6 Å². The van der Waals surface area contributed by atoms with E-state index in [1.807, 2.05) is 12.1 Å². The Morgan fingerprint density at radius 1 is 1.25 bits per heavy atom. The second-order valence-electron chi connectivity index (χ2n) is 5.74. The van der Waals surface area contributed by atoms with Gasteiger partial charge < -0.3 is 10.4 Å². The minimum Gasteiger partial charge on any atom is -0.412 e. The quantitative estimate of drug-likeness (QED) is 0.810. The number of nitrogens with zero attached hydrogens (tertiary/aromatic N) is 2. The molecule has 1 aromatic carbocycles. The molecule has 114 valence electrons. The first-order valence-electron chi connectivity index (χ1n) is 7.36. The van der Waals surface area contributed by atoms with Gasteiger partial charge in [-0.15, -0.1) is 0 Å². The summed E-state index contributed by atoms with van der Waals surface area (Å²) in [6.45, 7) is 10.4. The van der Waals surface area contributed by atoms with Crippen molar-refractivity contribution in [3.8, 4) is 0 Å². The Morgan fingerprint density at radius 2 is 1.95 bits per heavy atom. The van der Waals surface area contributed by atoms with E-state index in [9.17, 15) is 0 Å². The van der Waals surface area contributed by atoms with Gasteiger partial charge in [-0.3, -0.25) is 4.90 Å². The fraction of sp³-hybridized carbons (Fsp3) is 0.625. The Labute approximate surface area is 127 Å². The number of rotatable bonds is 6. The van der Waals surface area contributed by atoms with Gasteiger partial charge in [0.1, 0.15) is 0 Å². The van der Waals surface area contributed by atoms with Crippen molar-refractivity contribution < 1.29 is 5.48 Å². The van der Waals surface area contributed by atoms with E-state index < -0.39 is 0 Å². The first-order valence-corrected chi connectivity index (χ1v) is 7.74. The van der Waals surface area contributed by atoms with Crippen molar-refractivity contribution in [2.75, 3.05) is 26.2 Å². The van der Waals surface area contributed by atoms with Crippen molar-refractivity contribution in [1.29, 1.82) is 0 Å². The van der Waals surface area contributed by atoms with Crippen LogP contribution in [0.4, 0.5) is 0 Å². The van der Waals surface area contributed by atoms with Crippen molar-refractivity contribution in [1.82, 2.24) is 9.80 Å². The van der Waals surface area contributed by atoms with Crippen LogP contribution in [0.15, 0.2) is 24.3 Å². The van der Waals surface area contributed by atoms with E-state index >= 15 is 0 Å². The molecule has 1 aromatic rings. The largest absolute Gasteiger partial charge is 0.412 e. The average Bonchev–Trinajstić information content (AvgIpc) is 2.87. The number of halogens is 1. The van der Waals surface area contributed by atoms with Crippen LogP contribution in [0.25, 0.3) is 0 Å². The minimum atomic E-state index is 0. The van der Waals surface area contributed by atoms with E-state index in [-0.39, 0.29) is 5.48 Å². The zero-order chi connectivity index (χ0) is 13.7. The first kappa shape index (κ1) is 17.4. The van der Waals surface area contributed by atoms with Gasteiger partial charge in [-0.25, -0.2) is 0 Å². The predicted molar refractivity (Wildman–Crippen MR) is 86.3 cm³/mol. The van der Waals surface area contributed by atoms with Gasteiger partial charge in [-0.1, -0.05) is 23.7 Å². The van der Waals surface area contributed by atoms with Crippen molar-refractivity contribution in [3.05, 3.63) is 34.9 Å². The average molecular weight is 299 g/mol. The maximum absolute atomic E-state index is 6.06. The molecule has 1 aliphatic heterocycles. The third-order valence-electron chi connectivity index (χ3n) is 3.91. The Hall–Kier alpha value is -0.610. The first-order chi connectivity index (χ1) is 9.15. The second-order valence-corrected chi connectivity index (χ2v) is 6.18. The smallest absolute Gasteiger partial charge is 0.0409 e. The minimum absolute atomic E-state index is 0. The van der Waals surface area contributed by atoms with Crippen molar-refractivity contribution >= 4 is 11.6 Å². The van der Waals surface area contributed by atoms with Crippen LogP contribution in [0.1, 0.15) is 32.3 Å². The van der Waals surface area contributed by atoms with E-state index in [0.29, 0.717) is 6.04 Å². The fourth-order valence-corrected chi connectivity index (χ4v) is 2.88. The van der Waals surface area contributed by atoms with Gasteiger partial charge in [0.25, 0.3) is 0 Å². The molecule has 4 heteroatoms. The van der Waals surface area contributed by atoms with Gasteiger partial charge in [0.15, 0.2) is 0 Å². The van der Waals surface area contributed by atoms with Crippen LogP contribution in [0, 0.1) is 0 Å². The predicted octanol–water partition coefficient (Wildman–Crippen LogP) is 2.82. The summed E-state index contributed by atoms with van der Waals surface area (Å²) in [7, 11) is 0. The highest BCUT2D eigenvalue weighted by Crippen LogP contribution is 2.14. The molecule has 0 saturated carbocycles. The van der Waals surface area contributed by atoms with Gasteiger partial charge in [0.05, 0.1) is 0 Å². The van der Waals surface area contributed by atoms with Gasteiger partial charge in [0, 0.05) is 30.7 Å². The number of hydrogen-bond donors (Lipinski definition) is 0. The summed E-state index contributed by atoms with van der Waals surface area (Å²) in [6.07, 6.45) is 2.74. The Morgan fingerprint density at radius 3 is 2.55 bits per heavy atom. The maximum atomic E-state index is 6.06.